The molecule has 112 valence electrons. The first-order valence-electron chi connectivity index (χ1n) is 6.66. The predicted molar refractivity (Wildman–Crippen MR) is 80.5 cm³/mol. The molecule has 2 N–H and O–H groups in total. The monoisotopic (exact) mass is 363 g/mol. The third-order valence-corrected chi connectivity index (χ3v) is 5.51. The first-order valence-corrected chi connectivity index (χ1v) is 8.94. The molecule has 7 heteroatoms. The summed E-state index contributed by atoms with van der Waals surface area (Å²) in [5.41, 5.74) is 0.749. The Balaban J connectivity index is 1.95. The fraction of sp³-hybridized carbons (Fsp3) is 0.538. The van der Waals surface area contributed by atoms with Gasteiger partial charge in [0.2, 0.25) is 10.0 Å². The molecule has 0 spiro atoms. The topological polar surface area (TPSA) is 59.8 Å². The molecule has 1 aliphatic rings. The molecule has 2 rings (SSSR count). The van der Waals surface area contributed by atoms with E-state index >= 15 is 0 Å². The number of hydrogen-bond acceptors (Lipinski definition) is 3. The Labute approximate surface area is 128 Å². The quantitative estimate of drug-likeness (QED) is 0.771. The molecule has 0 aliphatic carbocycles. The highest BCUT2D eigenvalue weighted by molar-refractivity contribution is 9.10. The van der Waals surface area contributed by atoms with E-state index in [0.29, 0.717) is 11.4 Å². The maximum Gasteiger partial charge on any atom is 0.241 e. The van der Waals surface area contributed by atoms with Gasteiger partial charge in [0.25, 0.3) is 0 Å². The van der Waals surface area contributed by atoms with Gasteiger partial charge in [-0.15, -0.1) is 0 Å². The Kier molecular flexibility index (Phi) is 5.57. The van der Waals surface area contributed by atoms with Gasteiger partial charge in [0.1, 0.15) is 13.1 Å². The fourth-order valence-electron chi connectivity index (χ4n) is 2.21. The lowest BCUT2D eigenvalue weighted by molar-refractivity contribution is -0.906. The smallest absolute Gasteiger partial charge is 0.241 e. The highest BCUT2D eigenvalue weighted by Crippen LogP contribution is 2.20. The Morgan fingerprint density at radius 3 is 2.75 bits per heavy atom. The number of quaternary nitrogens is 1. The second-order valence-corrected chi connectivity index (χ2v) is 7.57. The van der Waals surface area contributed by atoms with Crippen LogP contribution in [0.25, 0.3) is 0 Å². The van der Waals surface area contributed by atoms with Gasteiger partial charge in [0.05, 0.1) is 31.2 Å². The Morgan fingerprint density at radius 1 is 1.35 bits per heavy atom. The van der Waals surface area contributed by atoms with E-state index in [9.17, 15) is 8.42 Å². The summed E-state index contributed by atoms with van der Waals surface area (Å²) in [5, 5.41) is 0. The third-order valence-electron chi connectivity index (χ3n) is 3.41. The van der Waals surface area contributed by atoms with Gasteiger partial charge in [0.15, 0.2) is 0 Å². The van der Waals surface area contributed by atoms with Gasteiger partial charge in [-0.3, -0.25) is 0 Å². The maximum atomic E-state index is 12.3. The molecule has 0 aromatic heterocycles. The highest BCUT2D eigenvalue weighted by atomic mass is 79.9. The number of nitrogens with one attached hydrogen (secondary N) is 2. The van der Waals surface area contributed by atoms with Crippen LogP contribution >= 0.6 is 15.9 Å². The van der Waals surface area contributed by atoms with Crippen LogP contribution in [0.15, 0.2) is 27.6 Å². The average molecular weight is 364 g/mol. The van der Waals surface area contributed by atoms with Crippen molar-refractivity contribution in [3.8, 4) is 0 Å². The molecule has 1 heterocycles. The van der Waals surface area contributed by atoms with Gasteiger partial charge >= 0.3 is 0 Å². The molecule has 1 aliphatic heterocycles. The zero-order valence-electron chi connectivity index (χ0n) is 11.5. The van der Waals surface area contributed by atoms with Crippen LogP contribution in [-0.4, -0.2) is 47.8 Å². The van der Waals surface area contributed by atoms with Crippen LogP contribution in [-0.2, 0) is 14.8 Å². The normalized spacial score (nSPS) is 17.3. The molecule has 20 heavy (non-hydrogen) atoms. The van der Waals surface area contributed by atoms with E-state index in [0.717, 1.165) is 42.9 Å². The van der Waals surface area contributed by atoms with Gasteiger partial charge in [0, 0.05) is 4.47 Å². The van der Waals surface area contributed by atoms with Gasteiger partial charge in [-0.05, 0) is 24.6 Å². The number of benzene rings is 1. The van der Waals surface area contributed by atoms with Crippen molar-refractivity contribution in [3.63, 3.8) is 0 Å². The first-order chi connectivity index (χ1) is 9.49. The summed E-state index contributed by atoms with van der Waals surface area (Å²) in [6, 6.07) is 5.28. The second-order valence-electron chi connectivity index (χ2n) is 4.92. The van der Waals surface area contributed by atoms with Crippen molar-refractivity contribution in [2.75, 3.05) is 39.4 Å². The molecule has 0 atom stereocenters. The molecular weight excluding hydrogens is 344 g/mol. The average Bonchev–Trinajstić information content (AvgIpc) is 2.42. The van der Waals surface area contributed by atoms with Crippen LogP contribution in [0.2, 0.25) is 0 Å². The van der Waals surface area contributed by atoms with Crippen molar-refractivity contribution in [2.24, 2.45) is 0 Å². The maximum absolute atomic E-state index is 12.3. The number of aryl methyl sites for hydroxylation is 1. The van der Waals surface area contributed by atoms with Crippen LogP contribution < -0.4 is 9.62 Å². The molecule has 1 fully saturated rings. The first kappa shape index (κ1) is 15.9. The van der Waals surface area contributed by atoms with E-state index < -0.39 is 10.0 Å². The molecule has 1 aromatic carbocycles. The molecular formula is C13H20BrN2O3S+. The van der Waals surface area contributed by atoms with E-state index in [2.05, 4.69) is 20.7 Å². The van der Waals surface area contributed by atoms with Crippen molar-refractivity contribution in [3.05, 3.63) is 28.2 Å². The van der Waals surface area contributed by atoms with Crippen LogP contribution in [0.1, 0.15) is 5.56 Å². The summed E-state index contributed by atoms with van der Waals surface area (Å²) >= 11 is 3.31. The van der Waals surface area contributed by atoms with Gasteiger partial charge < -0.3 is 9.64 Å². The van der Waals surface area contributed by atoms with Crippen molar-refractivity contribution in [1.82, 2.24) is 4.72 Å². The summed E-state index contributed by atoms with van der Waals surface area (Å²) in [7, 11) is -3.44. The number of ether oxygens (including phenoxy) is 1. The summed E-state index contributed by atoms with van der Waals surface area (Å²) in [4.78, 5) is 1.72. The molecule has 0 unspecified atom stereocenters. The van der Waals surface area contributed by atoms with E-state index in [1.54, 1.807) is 19.1 Å². The van der Waals surface area contributed by atoms with Gasteiger partial charge in [-0.1, -0.05) is 22.0 Å². The standard InChI is InChI=1S/C13H19BrN2O3S/c1-11-2-3-12(14)10-13(11)20(17,18)15-4-5-16-6-8-19-9-7-16/h2-3,10,15H,4-9H2,1H3/p+1. The van der Waals surface area contributed by atoms with Crippen molar-refractivity contribution >= 4 is 26.0 Å². The number of rotatable bonds is 5. The molecule has 0 amide bonds. The van der Waals surface area contributed by atoms with E-state index in [4.69, 9.17) is 4.74 Å². The largest absolute Gasteiger partial charge is 0.370 e. The molecule has 1 saturated heterocycles. The van der Waals surface area contributed by atoms with E-state index in [1.165, 1.54) is 4.90 Å². The fourth-order valence-corrected chi connectivity index (χ4v) is 4.03. The number of sulfonamides is 1. The van der Waals surface area contributed by atoms with Crippen LogP contribution in [0, 0.1) is 6.92 Å². The van der Waals surface area contributed by atoms with Crippen LogP contribution in [0.5, 0.6) is 0 Å². The third kappa shape index (κ3) is 4.26. The van der Waals surface area contributed by atoms with E-state index in [-0.39, 0.29) is 0 Å². The highest BCUT2D eigenvalue weighted by Gasteiger charge is 2.19. The second kappa shape index (κ2) is 7.00. The Morgan fingerprint density at radius 2 is 2.05 bits per heavy atom. The van der Waals surface area contributed by atoms with Gasteiger partial charge in [-0.2, -0.15) is 0 Å². The SMILES string of the molecule is Cc1ccc(Br)cc1S(=O)(=O)NCC[NH+]1CCOCC1. The summed E-state index contributed by atoms with van der Waals surface area (Å²) in [6.07, 6.45) is 0. The minimum absolute atomic E-state index is 0.337. The molecule has 0 saturated carbocycles. The lowest BCUT2D eigenvalue weighted by Crippen LogP contribution is -3.14. The molecule has 0 radical (unpaired) electrons. The zero-order chi connectivity index (χ0) is 14.6. The molecule has 1 aromatic rings. The lowest BCUT2D eigenvalue weighted by atomic mass is 10.2. The minimum atomic E-state index is -3.44. The Hall–Kier alpha value is -0.470. The summed E-state index contributed by atoms with van der Waals surface area (Å²) in [6.45, 7) is 6.43. The van der Waals surface area contributed by atoms with Crippen molar-refractivity contribution in [1.29, 1.82) is 0 Å². The summed E-state index contributed by atoms with van der Waals surface area (Å²) < 4.78 is 33.3. The van der Waals surface area contributed by atoms with Crippen LogP contribution in [0.4, 0.5) is 0 Å². The molecule has 0 bridgehead atoms. The number of morpholine rings is 1. The predicted octanol–water partition coefficient (Wildman–Crippen LogP) is -0.0491. The van der Waals surface area contributed by atoms with Gasteiger partial charge in [-0.25, -0.2) is 13.1 Å². The minimum Gasteiger partial charge on any atom is -0.370 e. The van der Waals surface area contributed by atoms with E-state index in [1.807, 2.05) is 6.07 Å². The number of halogens is 1. The van der Waals surface area contributed by atoms with Crippen molar-refractivity contribution < 1.29 is 18.1 Å². The van der Waals surface area contributed by atoms with Crippen molar-refractivity contribution in [2.45, 2.75) is 11.8 Å². The molecule has 5 nitrogen and oxygen atoms in total. The van der Waals surface area contributed by atoms with Crippen LogP contribution in [0.3, 0.4) is 0 Å². The Bertz CT molecular complexity index is 557. The zero-order valence-corrected chi connectivity index (χ0v) is 13.9. The summed E-state index contributed by atoms with van der Waals surface area (Å²) in [5.74, 6) is 0. The number of hydrogen-bond donors (Lipinski definition) is 2. The lowest BCUT2D eigenvalue weighted by Gasteiger charge is -2.23.